The van der Waals surface area contributed by atoms with Crippen LogP contribution in [-0.2, 0) is 6.42 Å². The van der Waals surface area contributed by atoms with Crippen molar-refractivity contribution in [1.82, 2.24) is 0 Å². The van der Waals surface area contributed by atoms with Crippen molar-refractivity contribution in [3.05, 3.63) is 71.8 Å². The number of aryl methyl sites for hydroxylation is 1. The SMILES string of the molecule is C=CCCCc1ccc(-c2cc(F)c(C#C[C@H]3CC[C@H](CCC)CC3)c(F)c2)cc1. The van der Waals surface area contributed by atoms with Gasteiger partial charge in [-0.3, -0.25) is 0 Å². The van der Waals surface area contributed by atoms with E-state index in [1.165, 1.54) is 43.4 Å². The zero-order valence-electron chi connectivity index (χ0n) is 18.0. The van der Waals surface area contributed by atoms with Gasteiger partial charge in [0.2, 0.25) is 0 Å². The van der Waals surface area contributed by atoms with Crippen molar-refractivity contribution in [2.75, 3.05) is 0 Å². The van der Waals surface area contributed by atoms with Gasteiger partial charge in [-0.15, -0.1) is 6.58 Å². The Bertz CT molecular complexity index is 867. The highest BCUT2D eigenvalue weighted by atomic mass is 19.1. The highest BCUT2D eigenvalue weighted by Gasteiger charge is 2.19. The minimum Gasteiger partial charge on any atom is -0.205 e. The van der Waals surface area contributed by atoms with Crippen LogP contribution in [0.4, 0.5) is 8.78 Å². The van der Waals surface area contributed by atoms with Crippen LogP contribution in [0.25, 0.3) is 11.1 Å². The summed E-state index contributed by atoms with van der Waals surface area (Å²) in [4.78, 5) is 0. The molecule has 3 rings (SSSR count). The van der Waals surface area contributed by atoms with Gasteiger partial charge in [-0.2, -0.15) is 0 Å². The van der Waals surface area contributed by atoms with Crippen molar-refractivity contribution in [2.24, 2.45) is 11.8 Å². The summed E-state index contributed by atoms with van der Waals surface area (Å²) in [6.45, 7) is 5.96. The van der Waals surface area contributed by atoms with Crippen LogP contribution in [0, 0.1) is 35.3 Å². The van der Waals surface area contributed by atoms with Gasteiger partial charge in [0.05, 0.1) is 5.56 Å². The quantitative estimate of drug-likeness (QED) is 0.247. The summed E-state index contributed by atoms with van der Waals surface area (Å²) in [5.74, 6) is 5.84. The summed E-state index contributed by atoms with van der Waals surface area (Å²) in [5.41, 5.74) is 2.48. The van der Waals surface area contributed by atoms with Crippen LogP contribution < -0.4 is 0 Å². The molecule has 0 aromatic heterocycles. The molecule has 2 aromatic rings. The molecule has 0 amide bonds. The Hall–Kier alpha value is -2.40. The molecule has 0 unspecified atom stereocenters. The molecule has 2 heteroatoms. The molecule has 0 spiro atoms. The van der Waals surface area contributed by atoms with Crippen LogP contribution >= 0.6 is 0 Å². The van der Waals surface area contributed by atoms with Crippen molar-refractivity contribution >= 4 is 0 Å². The summed E-state index contributed by atoms with van der Waals surface area (Å²) in [7, 11) is 0. The molecule has 1 aliphatic carbocycles. The first kappa shape index (κ1) is 22.3. The topological polar surface area (TPSA) is 0 Å². The molecule has 0 radical (unpaired) electrons. The van der Waals surface area contributed by atoms with Crippen molar-refractivity contribution in [1.29, 1.82) is 0 Å². The van der Waals surface area contributed by atoms with Crippen LogP contribution in [0.5, 0.6) is 0 Å². The second-order valence-electron chi connectivity index (χ2n) is 8.47. The van der Waals surface area contributed by atoms with Gasteiger partial charge in [0, 0.05) is 5.92 Å². The van der Waals surface area contributed by atoms with E-state index in [2.05, 4.69) is 25.3 Å². The zero-order valence-corrected chi connectivity index (χ0v) is 18.0. The molecule has 0 bridgehead atoms. The molecule has 1 saturated carbocycles. The molecular weight excluding hydrogens is 374 g/mol. The molecule has 0 N–H and O–H groups in total. The van der Waals surface area contributed by atoms with Gasteiger partial charge in [-0.05, 0) is 79.7 Å². The highest BCUT2D eigenvalue weighted by Crippen LogP contribution is 2.31. The molecule has 0 nitrogen and oxygen atoms in total. The lowest BCUT2D eigenvalue weighted by atomic mass is 9.80. The second kappa shape index (κ2) is 11.1. The van der Waals surface area contributed by atoms with Gasteiger partial charge in [-0.1, -0.05) is 61.9 Å². The summed E-state index contributed by atoms with van der Waals surface area (Å²) >= 11 is 0. The van der Waals surface area contributed by atoms with E-state index in [4.69, 9.17) is 0 Å². The van der Waals surface area contributed by atoms with E-state index in [-0.39, 0.29) is 11.5 Å². The van der Waals surface area contributed by atoms with E-state index in [0.717, 1.165) is 43.6 Å². The molecule has 1 fully saturated rings. The van der Waals surface area contributed by atoms with Gasteiger partial charge in [0.1, 0.15) is 11.6 Å². The third kappa shape index (κ3) is 6.05. The maximum atomic E-state index is 14.6. The molecule has 0 heterocycles. The average Bonchev–Trinajstić information content (AvgIpc) is 2.75. The van der Waals surface area contributed by atoms with E-state index in [0.29, 0.717) is 5.56 Å². The normalized spacial score (nSPS) is 18.5. The molecule has 158 valence electrons. The number of allylic oxidation sites excluding steroid dienone is 1. The molecule has 2 aromatic carbocycles. The second-order valence-corrected chi connectivity index (χ2v) is 8.47. The lowest BCUT2D eigenvalue weighted by Crippen LogP contribution is -2.13. The first-order chi connectivity index (χ1) is 14.6. The first-order valence-corrected chi connectivity index (χ1v) is 11.3. The third-order valence-corrected chi connectivity index (χ3v) is 6.15. The largest absolute Gasteiger partial charge is 0.205 e. The number of halogens is 2. The van der Waals surface area contributed by atoms with Gasteiger partial charge < -0.3 is 0 Å². The average molecular weight is 407 g/mol. The fourth-order valence-corrected chi connectivity index (χ4v) is 4.35. The monoisotopic (exact) mass is 406 g/mol. The fourth-order valence-electron chi connectivity index (χ4n) is 4.35. The summed E-state index contributed by atoms with van der Waals surface area (Å²) in [5, 5.41) is 0. The number of hydrogen-bond donors (Lipinski definition) is 0. The Labute approximate surface area is 180 Å². The number of benzene rings is 2. The predicted octanol–water partition coefficient (Wildman–Crippen LogP) is 8.10. The van der Waals surface area contributed by atoms with Crippen molar-refractivity contribution < 1.29 is 8.78 Å². The summed E-state index contributed by atoms with van der Waals surface area (Å²) in [6, 6.07) is 10.7. The maximum absolute atomic E-state index is 14.6. The van der Waals surface area contributed by atoms with Crippen molar-refractivity contribution in [3.8, 4) is 23.0 Å². The fraction of sp³-hybridized carbons (Fsp3) is 0.429. The number of hydrogen-bond acceptors (Lipinski definition) is 0. The van der Waals surface area contributed by atoms with Gasteiger partial charge in [0.15, 0.2) is 0 Å². The van der Waals surface area contributed by atoms with E-state index in [1.54, 1.807) is 0 Å². The van der Waals surface area contributed by atoms with E-state index >= 15 is 0 Å². The van der Waals surface area contributed by atoms with Crippen molar-refractivity contribution in [2.45, 2.75) is 64.7 Å². The molecular formula is C28H32F2. The maximum Gasteiger partial charge on any atom is 0.142 e. The standard InChI is InChI=1S/C28H32F2/c1-3-5-6-8-22-13-16-24(17-14-22)25-19-27(29)26(28(30)20-25)18-15-23-11-9-21(7-4-2)10-12-23/h3,13-14,16-17,19-21,23H,1,4-12H2,2H3/t21-,23-. The van der Waals surface area contributed by atoms with E-state index in [9.17, 15) is 8.78 Å². The molecule has 30 heavy (non-hydrogen) atoms. The van der Waals surface area contributed by atoms with E-state index in [1.807, 2.05) is 30.3 Å². The number of rotatable bonds is 7. The molecule has 0 atom stereocenters. The Morgan fingerprint density at radius 2 is 1.67 bits per heavy atom. The first-order valence-electron chi connectivity index (χ1n) is 11.3. The Kier molecular flexibility index (Phi) is 8.26. The Balaban J connectivity index is 1.68. The summed E-state index contributed by atoms with van der Waals surface area (Å²) < 4.78 is 29.3. The summed E-state index contributed by atoms with van der Waals surface area (Å²) in [6.07, 6.45) is 11.9. The highest BCUT2D eigenvalue weighted by molar-refractivity contribution is 5.65. The van der Waals surface area contributed by atoms with Crippen LogP contribution in [0.3, 0.4) is 0 Å². The van der Waals surface area contributed by atoms with Gasteiger partial charge in [0.25, 0.3) is 0 Å². The Morgan fingerprint density at radius 1 is 1.00 bits per heavy atom. The smallest absolute Gasteiger partial charge is 0.142 e. The van der Waals surface area contributed by atoms with Crippen molar-refractivity contribution in [3.63, 3.8) is 0 Å². The predicted molar refractivity (Wildman–Crippen MR) is 122 cm³/mol. The van der Waals surface area contributed by atoms with Crippen LogP contribution in [-0.4, -0.2) is 0 Å². The molecule has 0 saturated heterocycles. The van der Waals surface area contributed by atoms with Crippen LogP contribution in [0.1, 0.15) is 69.4 Å². The molecule has 1 aliphatic rings. The minimum absolute atomic E-state index is 0.101. The third-order valence-electron chi connectivity index (χ3n) is 6.15. The molecule has 0 aliphatic heterocycles. The van der Waals surface area contributed by atoms with Crippen LogP contribution in [0.2, 0.25) is 0 Å². The van der Waals surface area contributed by atoms with E-state index < -0.39 is 11.6 Å². The zero-order chi connectivity index (χ0) is 21.3. The minimum atomic E-state index is -0.577. The van der Waals surface area contributed by atoms with Crippen LogP contribution in [0.15, 0.2) is 49.1 Å². The lowest BCUT2D eigenvalue weighted by Gasteiger charge is -2.25. The van der Waals surface area contributed by atoms with Gasteiger partial charge >= 0.3 is 0 Å². The van der Waals surface area contributed by atoms with Gasteiger partial charge in [-0.25, -0.2) is 8.78 Å². The number of unbranched alkanes of at least 4 members (excludes halogenated alkanes) is 1. The Morgan fingerprint density at radius 3 is 2.27 bits per heavy atom. The lowest BCUT2D eigenvalue weighted by molar-refractivity contribution is 0.300.